The second kappa shape index (κ2) is 12.9. The highest BCUT2D eigenvalue weighted by Crippen LogP contribution is 2.30. The van der Waals surface area contributed by atoms with Crippen LogP contribution in [-0.2, 0) is 20.8 Å². The Balaban J connectivity index is 1.19. The van der Waals surface area contributed by atoms with Crippen molar-refractivity contribution in [2.45, 2.75) is 45.2 Å². The number of carboxylic acid groups (broad SMARTS) is 1. The summed E-state index contributed by atoms with van der Waals surface area (Å²) in [6.07, 6.45) is 1.11. The predicted octanol–water partition coefficient (Wildman–Crippen LogP) is 1.35. The number of pyridine rings is 1. The van der Waals surface area contributed by atoms with Crippen molar-refractivity contribution in [3.8, 4) is 0 Å². The zero-order valence-corrected chi connectivity index (χ0v) is 24.5. The average Bonchev–Trinajstić information content (AvgIpc) is 3.41. The fourth-order valence-corrected chi connectivity index (χ4v) is 5.63. The molecule has 0 spiro atoms. The Kier molecular flexibility index (Phi) is 9.04. The van der Waals surface area contributed by atoms with Gasteiger partial charge in [0, 0.05) is 67.4 Å². The molecule has 45 heavy (non-hydrogen) atoms. The predicted molar refractivity (Wildman–Crippen MR) is 158 cm³/mol. The van der Waals surface area contributed by atoms with Gasteiger partial charge in [-0.2, -0.15) is 0 Å². The molecule has 0 radical (unpaired) electrons. The number of carboxylic acids is 1. The number of nitrogens with zero attached hydrogens (tertiary/aromatic N) is 7. The van der Waals surface area contributed by atoms with Crippen LogP contribution < -0.4 is 21.6 Å². The van der Waals surface area contributed by atoms with Crippen molar-refractivity contribution in [2.24, 2.45) is 5.11 Å². The summed E-state index contributed by atoms with van der Waals surface area (Å²) >= 11 is 0. The first-order valence-electron chi connectivity index (χ1n) is 14.2. The molecule has 16 nitrogen and oxygen atoms in total. The first kappa shape index (κ1) is 31.4. The number of azide groups is 1. The molecule has 2 N–H and O–H groups in total. The standard InChI is InChI=1S/C28H31FN8O8/c1-3-35-12-17(27(41)42)25(39)16-8-18(29)21(10-20(16)35)36-6-4-34(5-7-36)13-24(38)44-14-22-19(32-33-30)9-23(45-22)37-11-15(2)26(40)31-28(37)43/h8,10-12,19,22-23H,3-7,9,13-14H2,1-2H3,(H,41,42)(H,31,40,43)/t19-,22+,23+/m0/s1. The first-order valence-corrected chi connectivity index (χ1v) is 14.2. The van der Waals surface area contributed by atoms with E-state index in [1.165, 1.54) is 23.9 Å². The van der Waals surface area contributed by atoms with Crippen molar-refractivity contribution < 1.29 is 28.6 Å². The SMILES string of the molecule is CCn1cc(C(=O)O)c(=O)c2cc(F)c(N3CCN(CC(=O)OC[C@H]4O[C@@H](n5cc(C)c(=O)[nH]c5=O)C[C@@H]4N=[N+]=[N-])CC3)cc21. The number of aromatic amines is 1. The number of H-pyrrole nitrogens is 1. The molecule has 0 bridgehead atoms. The van der Waals surface area contributed by atoms with E-state index < -0.39 is 58.4 Å². The number of rotatable bonds is 9. The Bertz CT molecular complexity index is 1870. The third-order valence-corrected chi connectivity index (χ3v) is 8.05. The number of piperazine rings is 1. The van der Waals surface area contributed by atoms with Crippen LogP contribution >= 0.6 is 0 Å². The van der Waals surface area contributed by atoms with Gasteiger partial charge in [0.1, 0.15) is 30.3 Å². The highest BCUT2D eigenvalue weighted by Gasteiger charge is 2.37. The molecule has 0 aliphatic carbocycles. The van der Waals surface area contributed by atoms with Gasteiger partial charge in [-0.25, -0.2) is 14.0 Å². The molecule has 2 aliphatic rings. The Morgan fingerprint density at radius 2 is 1.93 bits per heavy atom. The zero-order chi connectivity index (χ0) is 32.4. The largest absolute Gasteiger partial charge is 0.477 e. The number of anilines is 1. The Morgan fingerprint density at radius 3 is 2.60 bits per heavy atom. The van der Waals surface area contributed by atoms with Gasteiger partial charge in [-0.1, -0.05) is 5.11 Å². The van der Waals surface area contributed by atoms with E-state index in [9.17, 15) is 29.1 Å². The topological polar surface area (TPSA) is 205 Å². The van der Waals surface area contributed by atoms with Crippen molar-refractivity contribution in [3.63, 3.8) is 0 Å². The van der Waals surface area contributed by atoms with Gasteiger partial charge in [0.05, 0.1) is 23.8 Å². The summed E-state index contributed by atoms with van der Waals surface area (Å²) in [7, 11) is 0. The van der Waals surface area contributed by atoms with E-state index >= 15 is 4.39 Å². The lowest BCUT2D eigenvalue weighted by molar-refractivity contribution is -0.150. The quantitative estimate of drug-likeness (QED) is 0.151. The van der Waals surface area contributed by atoms with Crippen molar-refractivity contribution >= 4 is 28.5 Å². The zero-order valence-electron chi connectivity index (χ0n) is 24.5. The summed E-state index contributed by atoms with van der Waals surface area (Å²) < 4.78 is 29.3. The van der Waals surface area contributed by atoms with E-state index in [0.29, 0.717) is 43.8 Å². The fraction of sp³-hybridized carbons (Fsp3) is 0.464. The van der Waals surface area contributed by atoms with E-state index in [-0.39, 0.29) is 30.6 Å². The minimum Gasteiger partial charge on any atom is -0.477 e. The first-order chi connectivity index (χ1) is 21.5. The molecule has 0 unspecified atom stereocenters. The Hall–Kier alpha value is -4.99. The molecular formula is C28H31FN8O8. The molecule has 17 heteroatoms. The third kappa shape index (κ3) is 6.45. The van der Waals surface area contributed by atoms with Crippen LogP contribution in [0.5, 0.6) is 0 Å². The Labute approximate surface area is 253 Å². The number of benzene rings is 1. The normalized spacial score (nSPS) is 20.2. The van der Waals surface area contributed by atoms with Gasteiger partial charge in [-0.15, -0.1) is 0 Å². The number of nitrogens with one attached hydrogen (secondary N) is 1. The molecule has 0 saturated carbocycles. The van der Waals surface area contributed by atoms with Crippen LogP contribution in [0.3, 0.4) is 0 Å². The average molecular weight is 627 g/mol. The minimum absolute atomic E-state index is 0.0134. The second-order valence-electron chi connectivity index (χ2n) is 10.8. The van der Waals surface area contributed by atoms with Crippen LogP contribution in [0.4, 0.5) is 10.1 Å². The monoisotopic (exact) mass is 626 g/mol. The number of hydrogen-bond acceptors (Lipinski definition) is 10. The summed E-state index contributed by atoms with van der Waals surface area (Å²) in [6, 6.07) is 1.90. The maximum absolute atomic E-state index is 15.2. The fourth-order valence-electron chi connectivity index (χ4n) is 5.63. The van der Waals surface area contributed by atoms with E-state index in [2.05, 4.69) is 15.0 Å². The lowest BCUT2D eigenvalue weighted by Gasteiger charge is -2.35. The van der Waals surface area contributed by atoms with Gasteiger partial charge in [-0.3, -0.25) is 28.8 Å². The highest BCUT2D eigenvalue weighted by atomic mass is 19.1. The van der Waals surface area contributed by atoms with Gasteiger partial charge >= 0.3 is 17.6 Å². The maximum atomic E-state index is 15.2. The molecule has 238 valence electrons. The number of esters is 1. The van der Waals surface area contributed by atoms with E-state index in [1.54, 1.807) is 22.5 Å². The van der Waals surface area contributed by atoms with Crippen LogP contribution in [0.2, 0.25) is 0 Å². The number of aromatic nitrogens is 3. The number of carbonyl (C=O) groups excluding carboxylic acids is 1. The van der Waals surface area contributed by atoms with Crippen LogP contribution in [0.15, 0.2) is 44.0 Å². The van der Waals surface area contributed by atoms with Crippen LogP contribution in [0.25, 0.3) is 21.3 Å². The van der Waals surface area contributed by atoms with E-state index in [1.807, 2.05) is 4.90 Å². The Morgan fingerprint density at radius 1 is 1.20 bits per heavy atom. The molecule has 2 saturated heterocycles. The molecule has 3 aromatic rings. The third-order valence-electron chi connectivity index (χ3n) is 8.05. The second-order valence-corrected chi connectivity index (χ2v) is 10.8. The molecule has 5 rings (SSSR count). The molecule has 4 heterocycles. The number of ether oxygens (including phenoxy) is 2. The van der Waals surface area contributed by atoms with Gasteiger partial charge in [0.2, 0.25) is 5.43 Å². The van der Waals surface area contributed by atoms with E-state index in [0.717, 1.165) is 6.07 Å². The van der Waals surface area contributed by atoms with Crippen LogP contribution in [0, 0.1) is 12.7 Å². The molecular weight excluding hydrogens is 595 g/mol. The molecule has 2 aliphatic heterocycles. The molecule has 1 aromatic carbocycles. The van der Waals surface area contributed by atoms with Crippen molar-refractivity contribution in [2.75, 3.05) is 44.2 Å². The number of aromatic carboxylic acids is 1. The van der Waals surface area contributed by atoms with Gasteiger partial charge < -0.3 is 24.0 Å². The molecule has 2 fully saturated rings. The lowest BCUT2D eigenvalue weighted by Crippen LogP contribution is -2.48. The number of halogens is 1. The van der Waals surface area contributed by atoms with Crippen LogP contribution in [-0.4, -0.2) is 87.5 Å². The number of aryl methyl sites for hydroxylation is 2. The van der Waals surface area contributed by atoms with Gasteiger partial charge in [-0.05, 0) is 31.5 Å². The summed E-state index contributed by atoms with van der Waals surface area (Å²) in [6.45, 7) is 4.99. The van der Waals surface area contributed by atoms with Gasteiger partial charge in [0.15, 0.2) is 0 Å². The molecule has 3 atom stereocenters. The summed E-state index contributed by atoms with van der Waals surface area (Å²) in [4.78, 5) is 69.5. The summed E-state index contributed by atoms with van der Waals surface area (Å²) in [5, 5.41) is 13.1. The summed E-state index contributed by atoms with van der Waals surface area (Å²) in [5.41, 5.74) is 7.59. The molecule has 0 amide bonds. The van der Waals surface area contributed by atoms with Crippen molar-refractivity contribution in [1.82, 2.24) is 19.0 Å². The van der Waals surface area contributed by atoms with Crippen molar-refractivity contribution in [3.05, 3.63) is 83.0 Å². The maximum Gasteiger partial charge on any atom is 0.341 e. The minimum atomic E-state index is -1.38. The number of carbonyl (C=O) groups is 2. The van der Waals surface area contributed by atoms with Crippen molar-refractivity contribution in [1.29, 1.82) is 0 Å². The smallest absolute Gasteiger partial charge is 0.341 e. The molecule has 2 aromatic heterocycles. The van der Waals surface area contributed by atoms with E-state index in [4.69, 9.17) is 15.0 Å². The van der Waals surface area contributed by atoms with Gasteiger partial charge in [0.25, 0.3) is 5.56 Å². The lowest BCUT2D eigenvalue weighted by atomic mass is 10.1. The number of fused-ring (bicyclic) bond motifs is 1. The highest BCUT2D eigenvalue weighted by molar-refractivity contribution is 5.93. The van der Waals surface area contributed by atoms with Crippen LogP contribution in [0.1, 0.15) is 35.5 Å². The summed E-state index contributed by atoms with van der Waals surface area (Å²) in [5.74, 6) is -2.58. The number of hydrogen-bond donors (Lipinski definition) is 2.